The van der Waals surface area contributed by atoms with Gasteiger partial charge in [0.2, 0.25) is 0 Å². The first-order chi connectivity index (χ1) is 15.5. The number of aliphatic hydroxyl groups excluding tert-OH is 1. The largest absolute Gasteiger partial charge is 0.394 e. The highest BCUT2D eigenvalue weighted by Gasteiger charge is 2.27. The van der Waals surface area contributed by atoms with E-state index < -0.39 is 17.5 Å². The van der Waals surface area contributed by atoms with Crippen LogP contribution >= 0.6 is 0 Å². The molecule has 1 unspecified atom stereocenters. The lowest BCUT2D eigenvalue weighted by Crippen LogP contribution is -2.42. The molecular weight excluding hydrogens is 404 g/mol. The number of benzene rings is 2. The molecule has 6 nitrogen and oxygen atoms in total. The molecule has 1 aliphatic rings. The minimum Gasteiger partial charge on any atom is -0.394 e. The standard InChI is InChI=1S/C26H26N2O4/c1-17-10-12-20(13-11-17)28-23-8-5-9-24(30)21(23)15-22(26(28)32)25(31)27-19(16-29)14-18-6-3-2-4-7-18/h2-4,6-7,10-13,15,19,29H,5,8-9,14,16H2,1H3,(H,27,31). The van der Waals surface area contributed by atoms with Crippen LogP contribution in [0, 0.1) is 6.92 Å². The molecule has 0 bridgehead atoms. The van der Waals surface area contributed by atoms with Gasteiger partial charge in [-0.25, -0.2) is 0 Å². The van der Waals surface area contributed by atoms with Crippen molar-refractivity contribution in [3.63, 3.8) is 0 Å². The molecule has 0 spiro atoms. The van der Waals surface area contributed by atoms with Crippen molar-refractivity contribution < 1.29 is 14.7 Å². The summed E-state index contributed by atoms with van der Waals surface area (Å²) in [6.07, 6.45) is 2.10. The van der Waals surface area contributed by atoms with E-state index in [0.717, 1.165) is 11.1 Å². The van der Waals surface area contributed by atoms with Crippen molar-refractivity contribution >= 4 is 11.7 Å². The molecule has 0 saturated heterocycles. The lowest BCUT2D eigenvalue weighted by molar-refractivity contribution is 0.0914. The number of aryl methyl sites for hydroxylation is 1. The molecule has 6 heteroatoms. The predicted octanol–water partition coefficient (Wildman–Crippen LogP) is 3.00. The molecule has 1 atom stereocenters. The molecule has 1 amide bonds. The van der Waals surface area contributed by atoms with Crippen LogP contribution in [0.2, 0.25) is 0 Å². The highest BCUT2D eigenvalue weighted by Crippen LogP contribution is 2.24. The van der Waals surface area contributed by atoms with Crippen LogP contribution in [0.15, 0.2) is 65.5 Å². The SMILES string of the molecule is Cc1ccc(-n2c3c(cc(C(=O)NC(CO)Cc4ccccc4)c2=O)C(=O)CCC3)cc1. The molecule has 2 aromatic carbocycles. The van der Waals surface area contributed by atoms with Gasteiger partial charge in [0.1, 0.15) is 5.56 Å². The third-order valence-electron chi connectivity index (χ3n) is 5.84. The monoisotopic (exact) mass is 430 g/mol. The van der Waals surface area contributed by atoms with Gasteiger partial charge in [-0.15, -0.1) is 0 Å². The number of aliphatic hydroxyl groups is 1. The zero-order valence-electron chi connectivity index (χ0n) is 18.0. The van der Waals surface area contributed by atoms with E-state index in [1.54, 1.807) is 0 Å². The second-order valence-corrected chi connectivity index (χ2v) is 8.21. The van der Waals surface area contributed by atoms with Crippen molar-refractivity contribution in [3.8, 4) is 5.69 Å². The van der Waals surface area contributed by atoms with Gasteiger partial charge in [0.25, 0.3) is 11.5 Å². The van der Waals surface area contributed by atoms with Crippen molar-refractivity contribution in [2.75, 3.05) is 6.61 Å². The average molecular weight is 431 g/mol. The van der Waals surface area contributed by atoms with Crippen molar-refractivity contribution in [2.24, 2.45) is 0 Å². The summed E-state index contributed by atoms with van der Waals surface area (Å²) in [4.78, 5) is 39.2. The number of aromatic nitrogens is 1. The van der Waals surface area contributed by atoms with Gasteiger partial charge in [0, 0.05) is 23.4 Å². The average Bonchev–Trinajstić information content (AvgIpc) is 2.80. The maximum Gasteiger partial charge on any atom is 0.268 e. The summed E-state index contributed by atoms with van der Waals surface area (Å²) in [6, 6.07) is 17.8. The second kappa shape index (κ2) is 9.32. The van der Waals surface area contributed by atoms with Crippen molar-refractivity contribution in [1.82, 2.24) is 9.88 Å². The summed E-state index contributed by atoms with van der Waals surface area (Å²) in [5, 5.41) is 12.6. The maximum atomic E-state index is 13.4. The lowest BCUT2D eigenvalue weighted by Gasteiger charge is -2.22. The van der Waals surface area contributed by atoms with Gasteiger partial charge in [0.05, 0.1) is 12.6 Å². The second-order valence-electron chi connectivity index (χ2n) is 8.21. The number of ketones is 1. The van der Waals surface area contributed by atoms with Crippen LogP contribution < -0.4 is 10.9 Å². The minimum absolute atomic E-state index is 0.0656. The molecule has 1 heterocycles. The van der Waals surface area contributed by atoms with E-state index in [4.69, 9.17) is 0 Å². The molecule has 3 aromatic rings. The number of hydrogen-bond donors (Lipinski definition) is 2. The number of rotatable bonds is 6. The first kappa shape index (κ1) is 21.7. The van der Waals surface area contributed by atoms with Gasteiger partial charge in [-0.05, 0) is 49.9 Å². The van der Waals surface area contributed by atoms with Crippen molar-refractivity contribution in [1.29, 1.82) is 0 Å². The topological polar surface area (TPSA) is 88.4 Å². The molecule has 0 saturated carbocycles. The third kappa shape index (κ3) is 4.41. The van der Waals surface area contributed by atoms with Gasteiger partial charge in [-0.3, -0.25) is 19.0 Å². The maximum absolute atomic E-state index is 13.4. The third-order valence-corrected chi connectivity index (χ3v) is 5.84. The Bertz CT molecular complexity index is 1200. The number of carbonyl (C=O) groups excluding carboxylic acids is 2. The van der Waals surface area contributed by atoms with Crippen LogP contribution in [0.4, 0.5) is 0 Å². The van der Waals surface area contributed by atoms with Gasteiger partial charge < -0.3 is 10.4 Å². The Morgan fingerprint density at radius 3 is 2.47 bits per heavy atom. The van der Waals surface area contributed by atoms with E-state index in [1.165, 1.54) is 10.6 Å². The Balaban J connectivity index is 1.73. The van der Waals surface area contributed by atoms with Gasteiger partial charge in [-0.2, -0.15) is 0 Å². The van der Waals surface area contributed by atoms with Crippen LogP contribution in [-0.2, 0) is 12.8 Å². The van der Waals surface area contributed by atoms with Crippen LogP contribution in [0.1, 0.15) is 50.4 Å². The van der Waals surface area contributed by atoms with Gasteiger partial charge in [-0.1, -0.05) is 48.0 Å². The zero-order chi connectivity index (χ0) is 22.7. The molecule has 4 rings (SSSR count). The number of fused-ring (bicyclic) bond motifs is 1. The molecular formula is C26H26N2O4. The fourth-order valence-electron chi connectivity index (χ4n) is 4.14. The fourth-order valence-corrected chi connectivity index (χ4v) is 4.14. The summed E-state index contributed by atoms with van der Waals surface area (Å²) in [6.45, 7) is 1.69. The summed E-state index contributed by atoms with van der Waals surface area (Å²) in [5.41, 5.74) is 3.16. The first-order valence-electron chi connectivity index (χ1n) is 10.8. The Hall–Kier alpha value is -3.51. The van der Waals surface area contributed by atoms with Crippen molar-refractivity contribution in [2.45, 2.75) is 38.6 Å². The Kier molecular flexibility index (Phi) is 6.32. The minimum atomic E-state index is -0.591. The number of hydrogen-bond acceptors (Lipinski definition) is 4. The summed E-state index contributed by atoms with van der Waals surface area (Å²) in [7, 11) is 0. The number of nitrogens with zero attached hydrogens (tertiary/aromatic N) is 1. The van der Waals surface area contributed by atoms with Gasteiger partial charge in [0.15, 0.2) is 5.78 Å². The normalized spacial score (nSPS) is 14.0. The molecule has 1 aromatic heterocycles. The lowest BCUT2D eigenvalue weighted by atomic mass is 9.92. The Morgan fingerprint density at radius 1 is 1.06 bits per heavy atom. The summed E-state index contributed by atoms with van der Waals surface area (Å²) < 4.78 is 1.49. The quantitative estimate of drug-likeness (QED) is 0.629. The van der Waals surface area contributed by atoms with Crippen molar-refractivity contribution in [3.05, 3.63) is 99.0 Å². The number of carbonyl (C=O) groups is 2. The zero-order valence-corrected chi connectivity index (χ0v) is 18.0. The molecule has 32 heavy (non-hydrogen) atoms. The Labute approximate surface area is 186 Å². The van der Waals surface area contributed by atoms with Crippen LogP contribution in [0.25, 0.3) is 5.69 Å². The van der Waals surface area contributed by atoms with Gasteiger partial charge >= 0.3 is 0 Å². The molecule has 2 N–H and O–H groups in total. The van der Waals surface area contributed by atoms with E-state index in [2.05, 4.69) is 5.32 Å². The molecule has 164 valence electrons. The smallest absolute Gasteiger partial charge is 0.268 e. The molecule has 1 aliphatic carbocycles. The molecule has 0 fully saturated rings. The highest BCUT2D eigenvalue weighted by atomic mass is 16.3. The fraction of sp³-hybridized carbons (Fsp3) is 0.269. The number of nitrogens with one attached hydrogen (secondary N) is 1. The number of Topliss-reactive ketones (excluding diaryl/α,β-unsaturated/α-hetero) is 1. The van der Waals surface area contributed by atoms with E-state index >= 15 is 0 Å². The Morgan fingerprint density at radius 2 is 1.78 bits per heavy atom. The summed E-state index contributed by atoms with van der Waals surface area (Å²) >= 11 is 0. The van der Waals surface area contributed by atoms with E-state index in [9.17, 15) is 19.5 Å². The number of amides is 1. The van der Waals surface area contributed by atoms with E-state index in [1.807, 2.05) is 61.5 Å². The van der Waals surface area contributed by atoms with Crippen LogP contribution in [0.3, 0.4) is 0 Å². The summed E-state index contributed by atoms with van der Waals surface area (Å²) in [5.74, 6) is -0.656. The molecule has 0 radical (unpaired) electrons. The first-order valence-corrected chi connectivity index (χ1v) is 10.8. The highest BCUT2D eigenvalue weighted by molar-refractivity contribution is 6.02. The van der Waals surface area contributed by atoms with Crippen LogP contribution in [-0.4, -0.2) is 34.0 Å². The van der Waals surface area contributed by atoms with E-state index in [0.29, 0.717) is 42.6 Å². The van der Waals surface area contributed by atoms with E-state index in [-0.39, 0.29) is 18.0 Å². The number of pyridine rings is 1. The molecule has 0 aliphatic heterocycles. The predicted molar refractivity (Wildman–Crippen MR) is 123 cm³/mol. The van der Waals surface area contributed by atoms with Crippen LogP contribution in [0.5, 0.6) is 0 Å².